The Morgan fingerprint density at radius 2 is 2.17 bits per heavy atom. The van der Waals surface area contributed by atoms with Gasteiger partial charge in [-0.2, -0.15) is 15.4 Å². The number of nitrogens with one attached hydrogen (secondary N) is 1. The van der Waals surface area contributed by atoms with E-state index in [0.717, 1.165) is 0 Å². The molecule has 6 heteroatoms. The van der Waals surface area contributed by atoms with Gasteiger partial charge in [-0.1, -0.05) is 12.1 Å². The molecule has 0 amide bonds. The lowest BCUT2D eigenvalue weighted by Crippen LogP contribution is -2.09. The molecule has 0 radical (unpaired) electrons. The molecule has 0 aliphatic heterocycles. The molecule has 1 heterocycles. The Morgan fingerprint density at radius 3 is 2.89 bits per heavy atom. The van der Waals surface area contributed by atoms with Gasteiger partial charge >= 0.3 is 0 Å². The largest absolute Gasteiger partial charge is 0.490 e. The molecule has 0 fully saturated rings. The second-order valence-corrected chi connectivity index (χ2v) is 3.52. The predicted octanol–water partition coefficient (Wildman–Crippen LogP) is 1.06. The minimum atomic E-state index is -0.225. The summed E-state index contributed by atoms with van der Waals surface area (Å²) in [6.07, 6.45) is 1.38. The van der Waals surface area contributed by atoms with Crippen LogP contribution in [0.25, 0.3) is 0 Å². The normalized spacial score (nSPS) is 10.3. The molecule has 6 nitrogen and oxygen atoms in total. The summed E-state index contributed by atoms with van der Waals surface area (Å²) in [6, 6.07) is 7.01. The Morgan fingerprint density at radius 1 is 1.33 bits per heavy atom. The predicted molar refractivity (Wildman–Crippen MR) is 63.6 cm³/mol. The lowest BCUT2D eigenvalue weighted by atomic mass is 10.1. The van der Waals surface area contributed by atoms with Gasteiger partial charge in [-0.05, 0) is 12.1 Å². The molecule has 0 aliphatic carbocycles. The molecule has 94 valence electrons. The van der Waals surface area contributed by atoms with Crippen molar-refractivity contribution in [2.45, 2.75) is 0 Å². The number of ether oxygens (including phenoxy) is 2. The van der Waals surface area contributed by atoms with Crippen molar-refractivity contribution in [2.75, 3.05) is 20.3 Å². The molecular formula is C12H13N3O3. The van der Waals surface area contributed by atoms with Crippen molar-refractivity contribution in [2.24, 2.45) is 0 Å². The van der Waals surface area contributed by atoms with E-state index in [0.29, 0.717) is 24.5 Å². The molecule has 0 atom stereocenters. The number of aromatic amines is 1. The Hall–Kier alpha value is -2.21. The Labute approximate surface area is 104 Å². The second-order valence-electron chi connectivity index (χ2n) is 3.52. The quantitative estimate of drug-likeness (QED) is 0.610. The van der Waals surface area contributed by atoms with Gasteiger partial charge in [-0.15, -0.1) is 0 Å². The molecule has 1 N–H and O–H groups in total. The highest BCUT2D eigenvalue weighted by Gasteiger charge is 2.16. The molecule has 0 unspecified atom stereocenters. The van der Waals surface area contributed by atoms with Crippen LogP contribution in [0.4, 0.5) is 0 Å². The monoisotopic (exact) mass is 247 g/mol. The lowest BCUT2D eigenvalue weighted by Gasteiger charge is -2.09. The van der Waals surface area contributed by atoms with Crippen molar-refractivity contribution in [3.8, 4) is 5.75 Å². The Kier molecular flexibility index (Phi) is 4.03. The number of hydrogen-bond donors (Lipinski definition) is 1. The van der Waals surface area contributed by atoms with E-state index in [1.807, 2.05) is 6.07 Å². The molecule has 0 saturated carbocycles. The molecule has 2 rings (SSSR count). The maximum atomic E-state index is 12.1. The summed E-state index contributed by atoms with van der Waals surface area (Å²) in [5.41, 5.74) is 0.722. The van der Waals surface area contributed by atoms with Crippen molar-refractivity contribution in [3.63, 3.8) is 0 Å². The van der Waals surface area contributed by atoms with Gasteiger partial charge in [0.05, 0.1) is 18.4 Å². The van der Waals surface area contributed by atoms with Gasteiger partial charge in [0.2, 0.25) is 5.78 Å². The maximum absolute atomic E-state index is 12.1. The third-order valence-corrected chi connectivity index (χ3v) is 2.32. The fourth-order valence-electron chi connectivity index (χ4n) is 1.46. The number of para-hydroxylation sites is 1. The average molecular weight is 247 g/mol. The van der Waals surface area contributed by atoms with E-state index in [2.05, 4.69) is 15.4 Å². The van der Waals surface area contributed by atoms with Crippen LogP contribution in [0.15, 0.2) is 30.5 Å². The zero-order valence-electron chi connectivity index (χ0n) is 9.92. The first-order valence-electron chi connectivity index (χ1n) is 5.44. The molecule has 18 heavy (non-hydrogen) atoms. The molecule has 0 aliphatic rings. The SMILES string of the molecule is COCCOc1ccccc1C(=O)c1cn[nH]n1. The number of carbonyl (C=O) groups excluding carboxylic acids is 1. The van der Waals surface area contributed by atoms with Crippen LogP contribution < -0.4 is 4.74 Å². The molecule has 0 bridgehead atoms. The van der Waals surface area contributed by atoms with Gasteiger partial charge in [0.15, 0.2) is 5.69 Å². The highest BCUT2D eigenvalue weighted by atomic mass is 16.5. The molecule has 1 aromatic carbocycles. The van der Waals surface area contributed by atoms with Gasteiger partial charge in [0, 0.05) is 7.11 Å². The number of nitrogens with zero attached hydrogens (tertiary/aromatic N) is 2. The van der Waals surface area contributed by atoms with Gasteiger partial charge in [-0.3, -0.25) is 4.79 Å². The molecule has 0 saturated heterocycles. The fourth-order valence-corrected chi connectivity index (χ4v) is 1.46. The summed E-state index contributed by atoms with van der Waals surface area (Å²) in [5, 5.41) is 9.79. The standard InChI is InChI=1S/C12H13N3O3/c1-17-6-7-18-11-5-3-2-4-9(11)12(16)10-8-13-15-14-10/h2-5,8H,6-7H2,1H3,(H,13,14,15). The van der Waals surface area contributed by atoms with Crippen LogP contribution in [0.1, 0.15) is 16.1 Å². The van der Waals surface area contributed by atoms with Crippen molar-refractivity contribution < 1.29 is 14.3 Å². The third-order valence-electron chi connectivity index (χ3n) is 2.32. The third kappa shape index (κ3) is 2.72. The first-order chi connectivity index (χ1) is 8.83. The second kappa shape index (κ2) is 5.92. The average Bonchev–Trinajstić information content (AvgIpc) is 2.93. The van der Waals surface area contributed by atoms with Crippen LogP contribution in [-0.4, -0.2) is 41.5 Å². The van der Waals surface area contributed by atoms with Gasteiger partial charge in [0.25, 0.3) is 0 Å². The zero-order chi connectivity index (χ0) is 12.8. The summed E-state index contributed by atoms with van der Waals surface area (Å²) < 4.78 is 10.4. The molecule has 2 aromatic rings. The minimum absolute atomic E-state index is 0.225. The molecule has 0 spiro atoms. The zero-order valence-corrected chi connectivity index (χ0v) is 9.92. The van der Waals surface area contributed by atoms with Crippen LogP contribution in [0.5, 0.6) is 5.75 Å². The van der Waals surface area contributed by atoms with Crippen LogP contribution in [0, 0.1) is 0 Å². The summed E-state index contributed by atoms with van der Waals surface area (Å²) in [7, 11) is 1.59. The van der Waals surface area contributed by atoms with E-state index in [1.165, 1.54) is 6.20 Å². The van der Waals surface area contributed by atoms with Crippen molar-refractivity contribution in [1.82, 2.24) is 15.4 Å². The lowest BCUT2D eigenvalue weighted by molar-refractivity contribution is 0.102. The van der Waals surface area contributed by atoms with Crippen molar-refractivity contribution >= 4 is 5.78 Å². The number of methoxy groups -OCH3 is 1. The van der Waals surface area contributed by atoms with Crippen molar-refractivity contribution in [3.05, 3.63) is 41.7 Å². The van der Waals surface area contributed by atoms with Gasteiger partial charge in [0.1, 0.15) is 12.4 Å². The first kappa shape index (κ1) is 12.3. The Balaban J connectivity index is 2.19. The number of aromatic nitrogens is 3. The van der Waals surface area contributed by atoms with E-state index < -0.39 is 0 Å². The van der Waals surface area contributed by atoms with Crippen LogP contribution in [0.2, 0.25) is 0 Å². The number of carbonyl (C=O) groups is 1. The summed E-state index contributed by atoms with van der Waals surface area (Å²) in [5.74, 6) is 0.291. The van der Waals surface area contributed by atoms with Gasteiger partial charge < -0.3 is 9.47 Å². The smallest absolute Gasteiger partial charge is 0.218 e. The summed E-state index contributed by atoms with van der Waals surface area (Å²) in [4.78, 5) is 12.1. The number of rotatable bonds is 6. The van der Waals surface area contributed by atoms with Crippen molar-refractivity contribution in [1.29, 1.82) is 0 Å². The van der Waals surface area contributed by atoms with E-state index in [4.69, 9.17) is 9.47 Å². The fraction of sp³-hybridized carbons (Fsp3) is 0.250. The summed E-state index contributed by atoms with van der Waals surface area (Å²) in [6.45, 7) is 0.853. The van der Waals surface area contributed by atoms with Crippen LogP contribution in [-0.2, 0) is 4.74 Å². The van der Waals surface area contributed by atoms with Crippen LogP contribution >= 0.6 is 0 Å². The highest BCUT2D eigenvalue weighted by Crippen LogP contribution is 2.20. The summed E-state index contributed by atoms with van der Waals surface area (Å²) >= 11 is 0. The van der Waals surface area contributed by atoms with E-state index in [1.54, 1.807) is 25.3 Å². The van der Waals surface area contributed by atoms with Crippen LogP contribution in [0.3, 0.4) is 0 Å². The van der Waals surface area contributed by atoms with E-state index in [9.17, 15) is 4.79 Å². The first-order valence-corrected chi connectivity index (χ1v) is 5.44. The molecule has 1 aromatic heterocycles. The topological polar surface area (TPSA) is 77.1 Å². The number of hydrogen-bond acceptors (Lipinski definition) is 5. The van der Waals surface area contributed by atoms with E-state index in [-0.39, 0.29) is 11.5 Å². The Bertz CT molecular complexity index is 511. The van der Waals surface area contributed by atoms with E-state index >= 15 is 0 Å². The minimum Gasteiger partial charge on any atom is -0.490 e. The highest BCUT2D eigenvalue weighted by molar-refractivity contribution is 6.09. The number of benzene rings is 1. The number of ketones is 1. The molecular weight excluding hydrogens is 234 g/mol. The number of H-pyrrole nitrogens is 1. The van der Waals surface area contributed by atoms with Gasteiger partial charge in [-0.25, -0.2) is 0 Å². The maximum Gasteiger partial charge on any atom is 0.218 e.